The third-order valence-corrected chi connectivity index (χ3v) is 5.52. The van der Waals surface area contributed by atoms with Crippen LogP contribution in [0.5, 0.6) is 0 Å². The van der Waals surface area contributed by atoms with E-state index < -0.39 is 5.97 Å². The number of aromatic nitrogens is 2. The van der Waals surface area contributed by atoms with Gasteiger partial charge in [-0.1, -0.05) is 6.07 Å². The fraction of sp³-hybridized carbons (Fsp3) is 0.476. The summed E-state index contributed by atoms with van der Waals surface area (Å²) in [5, 5.41) is 0. The van der Waals surface area contributed by atoms with Crippen LogP contribution in [0.3, 0.4) is 0 Å². The third kappa shape index (κ3) is 4.15. The molecule has 3 heterocycles. The minimum absolute atomic E-state index is 0.00827. The lowest BCUT2D eigenvalue weighted by atomic mass is 10.0. The highest BCUT2D eigenvalue weighted by Crippen LogP contribution is 2.22. The van der Waals surface area contributed by atoms with Gasteiger partial charge in [-0.15, -0.1) is 0 Å². The molecular formula is C21H28N4O3. The van der Waals surface area contributed by atoms with Crippen molar-refractivity contribution in [2.45, 2.75) is 33.4 Å². The van der Waals surface area contributed by atoms with E-state index in [0.717, 1.165) is 38.4 Å². The Kier molecular flexibility index (Phi) is 6.26. The molecule has 1 fully saturated rings. The number of carbonyl (C=O) groups excluding carboxylic acids is 2. The monoisotopic (exact) mass is 384 g/mol. The number of H-pyrrole nitrogens is 1. The van der Waals surface area contributed by atoms with Gasteiger partial charge in [0.1, 0.15) is 0 Å². The van der Waals surface area contributed by atoms with Crippen molar-refractivity contribution < 1.29 is 14.3 Å². The molecule has 2 aromatic heterocycles. The Morgan fingerprint density at radius 3 is 2.54 bits per heavy atom. The number of hydrogen-bond donors (Lipinski definition) is 1. The molecule has 0 bridgehead atoms. The van der Waals surface area contributed by atoms with Gasteiger partial charge < -0.3 is 9.72 Å². The predicted molar refractivity (Wildman–Crippen MR) is 106 cm³/mol. The highest BCUT2D eigenvalue weighted by Gasteiger charge is 2.30. The molecule has 0 radical (unpaired) electrons. The highest BCUT2D eigenvalue weighted by atomic mass is 16.5. The molecule has 0 saturated carbocycles. The molecule has 1 unspecified atom stereocenters. The standard InChI is InChI=1S/C21H28N4O3/c1-14-18(21(27)28-4)15(2)23-19(14)20(26)16(3)25-11-9-24(10-12-25)13-17-7-5-6-8-22-17/h5-8,16,23H,9-13H2,1-4H3. The minimum atomic E-state index is -0.416. The molecule has 7 nitrogen and oxygen atoms in total. The van der Waals surface area contributed by atoms with E-state index in [0.29, 0.717) is 22.5 Å². The first-order valence-corrected chi connectivity index (χ1v) is 9.60. The second kappa shape index (κ2) is 8.67. The number of pyridine rings is 1. The normalized spacial score (nSPS) is 16.7. The largest absolute Gasteiger partial charge is 0.465 e. The van der Waals surface area contributed by atoms with Crippen LogP contribution in [0.4, 0.5) is 0 Å². The first-order valence-electron chi connectivity index (χ1n) is 9.60. The quantitative estimate of drug-likeness (QED) is 0.608. The van der Waals surface area contributed by atoms with Crippen molar-refractivity contribution in [3.63, 3.8) is 0 Å². The Balaban J connectivity index is 1.63. The smallest absolute Gasteiger partial charge is 0.339 e. The second-order valence-corrected chi connectivity index (χ2v) is 7.29. The van der Waals surface area contributed by atoms with Crippen LogP contribution in [0, 0.1) is 13.8 Å². The number of carbonyl (C=O) groups is 2. The molecule has 28 heavy (non-hydrogen) atoms. The fourth-order valence-electron chi connectivity index (χ4n) is 3.81. The number of methoxy groups -OCH3 is 1. The minimum Gasteiger partial charge on any atom is -0.465 e. The number of aryl methyl sites for hydroxylation is 1. The Bertz CT molecular complexity index is 839. The zero-order valence-electron chi connectivity index (χ0n) is 17.0. The number of nitrogens with one attached hydrogen (secondary N) is 1. The maximum atomic E-state index is 13.1. The molecule has 7 heteroatoms. The van der Waals surface area contributed by atoms with Gasteiger partial charge in [-0.25, -0.2) is 4.79 Å². The number of hydrogen-bond acceptors (Lipinski definition) is 6. The van der Waals surface area contributed by atoms with Gasteiger partial charge in [0.05, 0.1) is 30.1 Å². The van der Waals surface area contributed by atoms with E-state index in [1.165, 1.54) is 7.11 Å². The van der Waals surface area contributed by atoms with Crippen LogP contribution < -0.4 is 0 Å². The van der Waals surface area contributed by atoms with E-state index in [9.17, 15) is 9.59 Å². The third-order valence-electron chi connectivity index (χ3n) is 5.52. The first kappa shape index (κ1) is 20.2. The van der Waals surface area contributed by atoms with Crippen LogP contribution in [-0.4, -0.2) is 70.9 Å². The van der Waals surface area contributed by atoms with Gasteiger partial charge in [0.25, 0.3) is 0 Å². The van der Waals surface area contributed by atoms with E-state index in [1.807, 2.05) is 31.3 Å². The molecule has 0 spiro atoms. The van der Waals surface area contributed by atoms with Crippen molar-refractivity contribution in [3.05, 3.63) is 52.6 Å². The van der Waals surface area contributed by atoms with E-state index in [4.69, 9.17) is 4.74 Å². The van der Waals surface area contributed by atoms with Crippen LogP contribution in [0.25, 0.3) is 0 Å². The van der Waals surface area contributed by atoms with E-state index in [2.05, 4.69) is 19.8 Å². The number of esters is 1. The average molecular weight is 384 g/mol. The van der Waals surface area contributed by atoms with Gasteiger partial charge >= 0.3 is 5.97 Å². The molecule has 1 saturated heterocycles. The van der Waals surface area contributed by atoms with E-state index in [-0.39, 0.29) is 11.8 Å². The zero-order chi connectivity index (χ0) is 20.3. The van der Waals surface area contributed by atoms with Crippen LogP contribution in [0.15, 0.2) is 24.4 Å². The molecule has 3 rings (SSSR count). The second-order valence-electron chi connectivity index (χ2n) is 7.29. The van der Waals surface area contributed by atoms with Gasteiger partial charge in [-0.2, -0.15) is 0 Å². The Morgan fingerprint density at radius 1 is 1.21 bits per heavy atom. The molecular weight excluding hydrogens is 356 g/mol. The van der Waals surface area contributed by atoms with Crippen molar-refractivity contribution in [2.24, 2.45) is 0 Å². The van der Waals surface area contributed by atoms with Crippen LogP contribution >= 0.6 is 0 Å². The SMILES string of the molecule is COC(=O)c1c(C)[nH]c(C(=O)C(C)N2CCN(Cc3ccccn3)CC2)c1C. The van der Waals surface area contributed by atoms with Crippen LogP contribution in [0.2, 0.25) is 0 Å². The number of aromatic amines is 1. The molecule has 1 aliphatic heterocycles. The molecule has 0 aromatic carbocycles. The predicted octanol–water partition coefficient (Wildman–Crippen LogP) is 2.20. The van der Waals surface area contributed by atoms with E-state index >= 15 is 0 Å². The average Bonchev–Trinajstić information content (AvgIpc) is 3.01. The summed E-state index contributed by atoms with van der Waals surface area (Å²) in [5.41, 5.74) is 3.35. The Morgan fingerprint density at radius 2 is 1.93 bits per heavy atom. The summed E-state index contributed by atoms with van der Waals surface area (Å²) in [6.45, 7) is 9.77. The zero-order valence-corrected chi connectivity index (χ0v) is 17.0. The van der Waals surface area contributed by atoms with Crippen molar-refractivity contribution in [3.8, 4) is 0 Å². The lowest BCUT2D eigenvalue weighted by Gasteiger charge is -2.37. The van der Waals surface area contributed by atoms with Gasteiger partial charge in [-0.3, -0.25) is 19.6 Å². The van der Waals surface area contributed by atoms with E-state index in [1.54, 1.807) is 13.8 Å². The maximum Gasteiger partial charge on any atom is 0.339 e. The van der Waals surface area contributed by atoms with Crippen molar-refractivity contribution in [1.82, 2.24) is 19.8 Å². The van der Waals surface area contributed by atoms with Crippen LogP contribution in [-0.2, 0) is 11.3 Å². The summed E-state index contributed by atoms with van der Waals surface area (Å²) in [7, 11) is 1.35. The summed E-state index contributed by atoms with van der Waals surface area (Å²) in [6, 6.07) is 5.71. The molecule has 2 aromatic rings. The summed E-state index contributed by atoms with van der Waals surface area (Å²) in [6.07, 6.45) is 1.82. The summed E-state index contributed by atoms with van der Waals surface area (Å²) < 4.78 is 4.84. The molecule has 0 aliphatic carbocycles. The lowest BCUT2D eigenvalue weighted by Crippen LogP contribution is -2.51. The Hall–Kier alpha value is -2.51. The van der Waals surface area contributed by atoms with Gasteiger partial charge in [0.2, 0.25) is 0 Å². The van der Waals surface area contributed by atoms with Gasteiger partial charge in [0, 0.05) is 44.6 Å². The molecule has 0 amide bonds. The molecule has 150 valence electrons. The summed E-state index contributed by atoms with van der Waals surface area (Å²) in [4.78, 5) is 37.1. The van der Waals surface area contributed by atoms with Crippen molar-refractivity contribution in [1.29, 1.82) is 0 Å². The number of rotatable bonds is 6. The molecule has 1 atom stereocenters. The number of Topliss-reactive ketones (excluding diaryl/α,β-unsaturated/α-hetero) is 1. The van der Waals surface area contributed by atoms with Crippen LogP contribution in [0.1, 0.15) is 44.7 Å². The maximum absolute atomic E-state index is 13.1. The fourth-order valence-corrected chi connectivity index (χ4v) is 3.81. The highest BCUT2D eigenvalue weighted by molar-refractivity contribution is 6.03. The topological polar surface area (TPSA) is 78.5 Å². The molecule has 1 aliphatic rings. The molecule has 1 N–H and O–H groups in total. The van der Waals surface area contributed by atoms with Crippen molar-refractivity contribution in [2.75, 3.05) is 33.3 Å². The van der Waals surface area contributed by atoms with Crippen molar-refractivity contribution >= 4 is 11.8 Å². The summed E-state index contributed by atoms with van der Waals surface area (Å²) >= 11 is 0. The number of piperazine rings is 1. The number of nitrogens with zero attached hydrogens (tertiary/aromatic N) is 3. The Labute approximate surface area is 165 Å². The van der Waals surface area contributed by atoms with Gasteiger partial charge in [0.15, 0.2) is 5.78 Å². The summed E-state index contributed by atoms with van der Waals surface area (Å²) in [5.74, 6) is -0.407. The van der Waals surface area contributed by atoms with Gasteiger partial charge in [-0.05, 0) is 38.5 Å². The lowest BCUT2D eigenvalue weighted by molar-refractivity contribution is 0.0599. The number of ether oxygens (including phenoxy) is 1. The first-order chi connectivity index (χ1) is 13.4. The number of ketones is 1.